The minimum Gasteiger partial charge on any atom is -0.488 e. The van der Waals surface area contributed by atoms with Gasteiger partial charge in [-0.3, -0.25) is 4.79 Å². The van der Waals surface area contributed by atoms with Gasteiger partial charge in [-0.2, -0.15) is 0 Å². The first-order chi connectivity index (χ1) is 8.91. The molecule has 4 nitrogen and oxygen atoms in total. The minimum absolute atomic E-state index is 0.0439. The summed E-state index contributed by atoms with van der Waals surface area (Å²) in [5, 5.41) is 2.84. The summed E-state index contributed by atoms with van der Waals surface area (Å²) < 4.78 is 6.64. The molecule has 1 amide bonds. The van der Waals surface area contributed by atoms with Crippen molar-refractivity contribution in [3.05, 3.63) is 28.7 Å². The molecular weight excluding hydrogens is 308 g/mol. The summed E-state index contributed by atoms with van der Waals surface area (Å²) in [6.07, 6.45) is -0.108. The van der Waals surface area contributed by atoms with Crippen molar-refractivity contribution in [3.8, 4) is 5.75 Å². The first-order valence-electron chi connectivity index (χ1n) is 6.36. The van der Waals surface area contributed by atoms with Crippen LogP contribution in [0.15, 0.2) is 28.7 Å². The monoisotopic (exact) mass is 328 g/mol. The molecule has 106 valence electrons. The Labute approximate surface area is 122 Å². The average molecular weight is 329 g/mol. The number of carbonyl (C=O) groups excluding carboxylic acids is 1. The van der Waals surface area contributed by atoms with Crippen LogP contribution in [-0.2, 0) is 4.79 Å². The highest BCUT2D eigenvalue weighted by Crippen LogP contribution is 2.24. The quantitative estimate of drug-likeness (QED) is 0.842. The Morgan fingerprint density at radius 2 is 2.00 bits per heavy atom. The van der Waals surface area contributed by atoms with E-state index in [4.69, 9.17) is 10.5 Å². The molecule has 19 heavy (non-hydrogen) atoms. The van der Waals surface area contributed by atoms with Crippen molar-refractivity contribution in [2.75, 3.05) is 6.54 Å². The van der Waals surface area contributed by atoms with Crippen molar-refractivity contribution < 1.29 is 9.53 Å². The van der Waals surface area contributed by atoms with Gasteiger partial charge in [0, 0.05) is 12.0 Å². The molecule has 0 aromatic heterocycles. The second-order valence-electron chi connectivity index (χ2n) is 4.75. The third-order valence-corrected chi connectivity index (χ3v) is 3.59. The summed E-state index contributed by atoms with van der Waals surface area (Å²) in [6, 6.07) is 7.47. The maximum absolute atomic E-state index is 11.8. The van der Waals surface area contributed by atoms with E-state index in [2.05, 4.69) is 21.2 Å². The van der Waals surface area contributed by atoms with Gasteiger partial charge in [-0.15, -0.1) is 0 Å². The average Bonchev–Trinajstić information content (AvgIpc) is 2.37. The lowest BCUT2D eigenvalue weighted by molar-refractivity contribution is -0.125. The van der Waals surface area contributed by atoms with Gasteiger partial charge in [0.1, 0.15) is 11.9 Å². The van der Waals surface area contributed by atoms with Crippen LogP contribution in [-0.4, -0.2) is 24.6 Å². The zero-order chi connectivity index (χ0) is 14.4. The van der Waals surface area contributed by atoms with Gasteiger partial charge in [0.25, 0.3) is 0 Å². The highest BCUT2D eigenvalue weighted by molar-refractivity contribution is 9.10. The first-order valence-corrected chi connectivity index (χ1v) is 7.15. The van der Waals surface area contributed by atoms with E-state index in [-0.39, 0.29) is 24.0 Å². The normalized spacial score (nSPS) is 15.4. The van der Waals surface area contributed by atoms with Crippen molar-refractivity contribution in [3.63, 3.8) is 0 Å². The zero-order valence-electron chi connectivity index (χ0n) is 11.5. The number of hydrogen-bond acceptors (Lipinski definition) is 3. The topological polar surface area (TPSA) is 64.4 Å². The highest BCUT2D eigenvalue weighted by atomic mass is 79.9. The van der Waals surface area contributed by atoms with Crippen molar-refractivity contribution in [2.45, 2.75) is 32.9 Å². The molecule has 0 aliphatic rings. The number of nitrogens with two attached hydrogens (primary N) is 1. The van der Waals surface area contributed by atoms with E-state index >= 15 is 0 Å². The number of halogens is 1. The van der Waals surface area contributed by atoms with Gasteiger partial charge in [0.15, 0.2) is 0 Å². The molecule has 3 unspecified atom stereocenters. The van der Waals surface area contributed by atoms with Crippen LogP contribution in [0.5, 0.6) is 5.75 Å². The van der Waals surface area contributed by atoms with Crippen LogP contribution in [0.2, 0.25) is 0 Å². The maximum atomic E-state index is 11.8. The maximum Gasteiger partial charge on any atom is 0.224 e. The third kappa shape index (κ3) is 5.20. The summed E-state index contributed by atoms with van der Waals surface area (Å²) in [6.45, 7) is 6.01. The molecule has 3 atom stereocenters. The van der Waals surface area contributed by atoms with E-state index in [9.17, 15) is 4.79 Å². The van der Waals surface area contributed by atoms with Gasteiger partial charge >= 0.3 is 0 Å². The number of ether oxygens (including phenoxy) is 1. The summed E-state index contributed by atoms with van der Waals surface area (Å²) >= 11 is 3.42. The van der Waals surface area contributed by atoms with E-state index in [0.29, 0.717) is 6.54 Å². The summed E-state index contributed by atoms with van der Waals surface area (Å²) in [7, 11) is 0. The second kappa shape index (κ2) is 7.50. The van der Waals surface area contributed by atoms with Crippen molar-refractivity contribution in [1.29, 1.82) is 0 Å². The minimum atomic E-state index is -0.198. The van der Waals surface area contributed by atoms with Gasteiger partial charge in [-0.05, 0) is 41.9 Å². The highest BCUT2D eigenvalue weighted by Gasteiger charge is 2.17. The lowest BCUT2D eigenvalue weighted by Gasteiger charge is -2.19. The number of hydrogen-bond donors (Lipinski definition) is 2. The number of carbonyl (C=O) groups is 1. The largest absolute Gasteiger partial charge is 0.488 e. The van der Waals surface area contributed by atoms with Gasteiger partial charge in [-0.1, -0.05) is 19.1 Å². The molecule has 3 N–H and O–H groups in total. The summed E-state index contributed by atoms with van der Waals surface area (Å²) in [5.41, 5.74) is 5.69. The van der Waals surface area contributed by atoms with E-state index in [1.54, 1.807) is 0 Å². The number of nitrogens with one attached hydrogen (secondary N) is 1. The molecule has 0 saturated heterocycles. The molecule has 1 aromatic carbocycles. The lowest BCUT2D eigenvalue weighted by Crippen LogP contribution is -2.42. The van der Waals surface area contributed by atoms with Gasteiger partial charge in [0.2, 0.25) is 5.91 Å². The van der Waals surface area contributed by atoms with Crippen LogP contribution < -0.4 is 15.8 Å². The fraction of sp³-hybridized carbons (Fsp3) is 0.500. The number of para-hydroxylation sites is 1. The zero-order valence-corrected chi connectivity index (χ0v) is 13.1. The molecular formula is C14H21BrN2O2. The molecule has 0 fully saturated rings. The Hall–Kier alpha value is -1.07. The van der Waals surface area contributed by atoms with E-state index in [0.717, 1.165) is 10.2 Å². The molecule has 0 heterocycles. The molecule has 5 heteroatoms. The Balaban J connectivity index is 2.42. The Bertz CT molecular complexity index is 424. The molecule has 0 bridgehead atoms. The van der Waals surface area contributed by atoms with Crippen LogP contribution in [0, 0.1) is 5.92 Å². The molecule has 0 spiro atoms. The number of amides is 1. The van der Waals surface area contributed by atoms with Crippen molar-refractivity contribution >= 4 is 21.8 Å². The van der Waals surface area contributed by atoms with Crippen LogP contribution in [0.25, 0.3) is 0 Å². The second-order valence-corrected chi connectivity index (χ2v) is 5.61. The molecule has 1 aromatic rings. The molecule has 0 aliphatic carbocycles. The van der Waals surface area contributed by atoms with Crippen LogP contribution in [0.4, 0.5) is 0 Å². The van der Waals surface area contributed by atoms with Crippen LogP contribution in [0.1, 0.15) is 20.8 Å². The van der Waals surface area contributed by atoms with Gasteiger partial charge in [-0.25, -0.2) is 0 Å². The van der Waals surface area contributed by atoms with E-state index in [1.165, 1.54) is 0 Å². The third-order valence-electron chi connectivity index (χ3n) is 2.93. The first kappa shape index (κ1) is 16.0. The van der Waals surface area contributed by atoms with Gasteiger partial charge in [0.05, 0.1) is 11.0 Å². The predicted octanol–water partition coefficient (Wildman–Crippen LogP) is 2.32. The molecule has 0 radical (unpaired) electrons. The van der Waals surface area contributed by atoms with Crippen LogP contribution >= 0.6 is 15.9 Å². The van der Waals surface area contributed by atoms with Gasteiger partial charge < -0.3 is 15.8 Å². The fourth-order valence-electron chi connectivity index (χ4n) is 1.44. The molecule has 1 rings (SSSR count). The van der Waals surface area contributed by atoms with Crippen molar-refractivity contribution in [2.24, 2.45) is 11.7 Å². The Kier molecular flexibility index (Phi) is 6.31. The summed E-state index contributed by atoms with van der Waals surface area (Å²) in [4.78, 5) is 11.8. The standard InChI is InChI=1S/C14H21BrN2O2/c1-9(8-17-14(18)10(2)11(3)16)19-13-7-5-4-6-12(13)15/h4-7,9-11H,8,16H2,1-3H3,(H,17,18). The van der Waals surface area contributed by atoms with E-state index < -0.39 is 0 Å². The Morgan fingerprint density at radius 3 is 2.58 bits per heavy atom. The SMILES string of the molecule is CC(CNC(=O)C(C)C(C)N)Oc1ccccc1Br. The van der Waals surface area contributed by atoms with Crippen LogP contribution in [0.3, 0.4) is 0 Å². The summed E-state index contributed by atoms with van der Waals surface area (Å²) in [5.74, 6) is 0.526. The fourth-order valence-corrected chi connectivity index (χ4v) is 1.82. The smallest absolute Gasteiger partial charge is 0.224 e. The van der Waals surface area contributed by atoms with Crippen molar-refractivity contribution in [1.82, 2.24) is 5.32 Å². The number of benzene rings is 1. The van der Waals surface area contributed by atoms with E-state index in [1.807, 2.05) is 45.0 Å². The predicted molar refractivity (Wildman–Crippen MR) is 80.1 cm³/mol. The molecule has 0 aliphatic heterocycles. The number of rotatable bonds is 6. The Morgan fingerprint density at radius 1 is 1.37 bits per heavy atom. The lowest BCUT2D eigenvalue weighted by atomic mass is 10.0. The molecule has 0 saturated carbocycles.